The van der Waals surface area contributed by atoms with E-state index in [2.05, 4.69) is 28.3 Å². The zero-order chi connectivity index (χ0) is 11.5. The third kappa shape index (κ3) is 2.13. The van der Waals surface area contributed by atoms with E-state index in [0.717, 1.165) is 6.54 Å². The first-order valence-electron chi connectivity index (χ1n) is 6.12. The molecule has 1 aliphatic rings. The molecule has 0 aromatic carbocycles. The number of hydrogen-bond acceptors (Lipinski definition) is 3. The van der Waals surface area contributed by atoms with Crippen molar-refractivity contribution in [3.05, 3.63) is 18.0 Å². The van der Waals surface area contributed by atoms with Gasteiger partial charge >= 0.3 is 0 Å². The van der Waals surface area contributed by atoms with Crippen LogP contribution in [-0.2, 0) is 7.05 Å². The van der Waals surface area contributed by atoms with Crippen molar-refractivity contribution >= 4 is 0 Å². The predicted molar refractivity (Wildman–Crippen MR) is 65.3 cm³/mol. The van der Waals surface area contributed by atoms with E-state index in [1.54, 1.807) is 0 Å². The highest BCUT2D eigenvalue weighted by molar-refractivity contribution is 5.07. The van der Waals surface area contributed by atoms with Gasteiger partial charge in [0, 0.05) is 31.9 Å². The van der Waals surface area contributed by atoms with Gasteiger partial charge in [-0.1, -0.05) is 0 Å². The molecule has 1 aliphatic heterocycles. The van der Waals surface area contributed by atoms with Crippen molar-refractivity contribution in [1.82, 2.24) is 20.0 Å². The summed E-state index contributed by atoms with van der Waals surface area (Å²) in [6.45, 7) is 4.58. The van der Waals surface area contributed by atoms with E-state index in [4.69, 9.17) is 0 Å². The molecule has 0 saturated carbocycles. The van der Waals surface area contributed by atoms with Crippen molar-refractivity contribution < 1.29 is 0 Å². The van der Waals surface area contributed by atoms with Crippen molar-refractivity contribution in [3.63, 3.8) is 0 Å². The van der Waals surface area contributed by atoms with Gasteiger partial charge in [-0.3, -0.25) is 9.58 Å². The largest absolute Gasteiger partial charge is 0.318 e. The fourth-order valence-corrected chi connectivity index (χ4v) is 2.79. The minimum atomic E-state index is 0.466. The minimum Gasteiger partial charge on any atom is -0.318 e. The molecule has 0 radical (unpaired) electrons. The Morgan fingerprint density at radius 1 is 1.62 bits per heavy atom. The average molecular weight is 222 g/mol. The first-order chi connectivity index (χ1) is 7.74. The molecule has 90 valence electrons. The number of nitrogens with one attached hydrogen (secondary N) is 1. The Hall–Kier alpha value is -0.870. The van der Waals surface area contributed by atoms with Gasteiger partial charge in [0.15, 0.2) is 0 Å². The van der Waals surface area contributed by atoms with Gasteiger partial charge in [-0.15, -0.1) is 0 Å². The van der Waals surface area contributed by atoms with Gasteiger partial charge in [0.25, 0.3) is 0 Å². The predicted octanol–water partition coefficient (Wildman–Crippen LogP) is 1.16. The Balaban J connectivity index is 2.09. The highest BCUT2D eigenvalue weighted by Gasteiger charge is 2.29. The maximum absolute atomic E-state index is 4.25. The maximum atomic E-state index is 4.25. The van der Waals surface area contributed by atoms with Crippen LogP contribution in [0, 0.1) is 0 Å². The molecular weight excluding hydrogens is 200 g/mol. The van der Waals surface area contributed by atoms with Crippen LogP contribution in [0.15, 0.2) is 12.3 Å². The fraction of sp³-hybridized carbons (Fsp3) is 0.750. The number of likely N-dealkylation sites (tertiary alicyclic amines) is 1. The quantitative estimate of drug-likeness (QED) is 0.830. The van der Waals surface area contributed by atoms with Gasteiger partial charge < -0.3 is 5.32 Å². The third-order valence-electron chi connectivity index (χ3n) is 3.65. The normalized spacial score (nSPS) is 23.8. The van der Waals surface area contributed by atoms with Crippen LogP contribution in [-0.4, -0.2) is 40.9 Å². The molecule has 2 unspecified atom stereocenters. The zero-order valence-corrected chi connectivity index (χ0v) is 10.5. The molecule has 0 amide bonds. The van der Waals surface area contributed by atoms with Crippen molar-refractivity contribution in [1.29, 1.82) is 0 Å². The second kappa shape index (κ2) is 4.97. The maximum Gasteiger partial charge on any atom is 0.0549 e. The van der Waals surface area contributed by atoms with E-state index in [1.165, 1.54) is 25.1 Å². The lowest BCUT2D eigenvalue weighted by molar-refractivity contribution is 0.184. The number of aromatic nitrogens is 2. The summed E-state index contributed by atoms with van der Waals surface area (Å²) in [5, 5.41) is 7.54. The smallest absolute Gasteiger partial charge is 0.0549 e. The lowest BCUT2D eigenvalue weighted by Crippen LogP contribution is -2.38. The second-order valence-electron chi connectivity index (χ2n) is 4.65. The highest BCUT2D eigenvalue weighted by Crippen LogP contribution is 2.28. The first kappa shape index (κ1) is 11.6. The topological polar surface area (TPSA) is 33.1 Å². The molecule has 1 aromatic heterocycles. The highest BCUT2D eigenvalue weighted by atomic mass is 15.3. The molecule has 1 aromatic rings. The van der Waals surface area contributed by atoms with Gasteiger partial charge in [0.05, 0.1) is 5.69 Å². The third-order valence-corrected chi connectivity index (χ3v) is 3.65. The van der Waals surface area contributed by atoms with E-state index < -0.39 is 0 Å². The van der Waals surface area contributed by atoms with Gasteiger partial charge in [-0.25, -0.2) is 0 Å². The molecule has 0 spiro atoms. The Morgan fingerprint density at radius 2 is 2.44 bits per heavy atom. The van der Waals surface area contributed by atoms with Crippen LogP contribution in [0.2, 0.25) is 0 Å². The summed E-state index contributed by atoms with van der Waals surface area (Å²) in [5.74, 6) is 0. The number of hydrogen-bond donors (Lipinski definition) is 1. The summed E-state index contributed by atoms with van der Waals surface area (Å²) in [6, 6.07) is 3.27. The molecule has 2 rings (SSSR count). The first-order valence-corrected chi connectivity index (χ1v) is 6.12. The molecule has 1 saturated heterocycles. The van der Waals surface area contributed by atoms with Crippen LogP contribution < -0.4 is 5.32 Å². The summed E-state index contributed by atoms with van der Waals surface area (Å²) in [6.07, 6.45) is 4.51. The SMILES string of the molecule is CNCC1CCCN1C(C)c1ccnn1C. The lowest BCUT2D eigenvalue weighted by Gasteiger charge is -2.30. The van der Waals surface area contributed by atoms with Crippen LogP contribution in [0.25, 0.3) is 0 Å². The molecular formula is C12H22N4. The van der Waals surface area contributed by atoms with Crippen molar-refractivity contribution in [2.45, 2.75) is 31.8 Å². The van der Waals surface area contributed by atoms with Crippen LogP contribution in [0.4, 0.5) is 0 Å². The number of rotatable bonds is 4. The van der Waals surface area contributed by atoms with E-state index >= 15 is 0 Å². The summed E-state index contributed by atoms with van der Waals surface area (Å²) in [5.41, 5.74) is 1.31. The van der Waals surface area contributed by atoms with E-state index in [9.17, 15) is 0 Å². The fourth-order valence-electron chi connectivity index (χ4n) is 2.79. The molecule has 2 heterocycles. The second-order valence-corrected chi connectivity index (χ2v) is 4.65. The average Bonchev–Trinajstić information content (AvgIpc) is 2.87. The minimum absolute atomic E-state index is 0.466. The summed E-state index contributed by atoms with van der Waals surface area (Å²) in [7, 11) is 4.06. The molecule has 1 N–H and O–H groups in total. The standard InChI is InChI=1S/C12H22N4/c1-10(12-6-7-14-15(12)3)16-8-4-5-11(16)9-13-2/h6-7,10-11,13H,4-5,8-9H2,1-3H3. The Morgan fingerprint density at radius 3 is 3.06 bits per heavy atom. The summed E-state index contributed by atoms with van der Waals surface area (Å²) in [4.78, 5) is 2.59. The van der Waals surface area contributed by atoms with E-state index in [1.807, 2.05) is 25.0 Å². The number of nitrogens with zero attached hydrogens (tertiary/aromatic N) is 3. The molecule has 1 fully saturated rings. The Labute approximate surface area is 97.6 Å². The Bertz CT molecular complexity index is 334. The molecule has 0 aliphatic carbocycles. The summed E-state index contributed by atoms with van der Waals surface area (Å²) < 4.78 is 1.99. The molecule has 4 heteroatoms. The van der Waals surface area contributed by atoms with Crippen LogP contribution in [0.3, 0.4) is 0 Å². The van der Waals surface area contributed by atoms with Gasteiger partial charge in [-0.2, -0.15) is 5.10 Å². The molecule has 4 nitrogen and oxygen atoms in total. The van der Waals surface area contributed by atoms with Crippen LogP contribution >= 0.6 is 0 Å². The van der Waals surface area contributed by atoms with Crippen molar-refractivity contribution in [2.24, 2.45) is 7.05 Å². The molecule has 2 atom stereocenters. The Kier molecular flexibility index (Phi) is 3.61. The number of likely N-dealkylation sites (N-methyl/N-ethyl adjacent to an activating group) is 1. The summed E-state index contributed by atoms with van der Waals surface area (Å²) >= 11 is 0. The van der Waals surface area contributed by atoms with Crippen LogP contribution in [0.1, 0.15) is 31.5 Å². The zero-order valence-electron chi connectivity index (χ0n) is 10.5. The number of aryl methyl sites for hydroxylation is 1. The van der Waals surface area contributed by atoms with E-state index in [-0.39, 0.29) is 0 Å². The van der Waals surface area contributed by atoms with Crippen LogP contribution in [0.5, 0.6) is 0 Å². The van der Waals surface area contributed by atoms with Gasteiger partial charge in [-0.05, 0) is 39.4 Å². The van der Waals surface area contributed by atoms with E-state index in [0.29, 0.717) is 12.1 Å². The van der Waals surface area contributed by atoms with Crippen molar-refractivity contribution in [2.75, 3.05) is 20.1 Å². The lowest BCUT2D eigenvalue weighted by atomic mass is 10.1. The van der Waals surface area contributed by atoms with Crippen molar-refractivity contribution in [3.8, 4) is 0 Å². The molecule has 16 heavy (non-hydrogen) atoms. The van der Waals surface area contributed by atoms with Gasteiger partial charge in [0.2, 0.25) is 0 Å². The molecule has 0 bridgehead atoms. The monoisotopic (exact) mass is 222 g/mol. The van der Waals surface area contributed by atoms with Gasteiger partial charge in [0.1, 0.15) is 0 Å².